The molecule has 1 aromatic rings. The molecule has 0 aliphatic rings. The molecule has 0 fully saturated rings. The van der Waals surface area contributed by atoms with Gasteiger partial charge in [-0.15, -0.1) is 0 Å². The molecule has 1 aromatic carbocycles. The number of aliphatic imine (C=N–C) groups is 1. The van der Waals surface area contributed by atoms with Crippen molar-refractivity contribution < 1.29 is 29.4 Å². The Labute approximate surface area is 222 Å². The zero-order chi connectivity index (χ0) is 28.8. The lowest BCUT2D eigenvalue weighted by atomic mass is 10.0. The second-order valence-electron chi connectivity index (χ2n) is 9.56. The molecule has 0 saturated carbocycles. The Kier molecular flexibility index (Phi) is 13.8. The monoisotopic (exact) mass is 535 g/mol. The van der Waals surface area contributed by atoms with E-state index in [1.165, 1.54) is 6.92 Å². The average molecular weight is 536 g/mol. The highest BCUT2D eigenvalue weighted by Crippen LogP contribution is 2.09. The third-order valence-electron chi connectivity index (χ3n) is 5.64. The Morgan fingerprint density at radius 1 is 0.895 bits per heavy atom. The van der Waals surface area contributed by atoms with Gasteiger partial charge in [0.1, 0.15) is 24.2 Å². The van der Waals surface area contributed by atoms with Crippen molar-refractivity contribution in [1.29, 1.82) is 0 Å². The van der Waals surface area contributed by atoms with Crippen molar-refractivity contribution in [2.24, 2.45) is 28.1 Å². The van der Waals surface area contributed by atoms with Crippen molar-refractivity contribution in [3.8, 4) is 0 Å². The van der Waals surface area contributed by atoms with Crippen molar-refractivity contribution in [1.82, 2.24) is 16.0 Å². The van der Waals surface area contributed by atoms with Crippen LogP contribution >= 0.6 is 0 Å². The molecule has 0 aliphatic heterocycles. The number of rotatable bonds is 16. The minimum absolute atomic E-state index is 0.0259. The molecule has 38 heavy (non-hydrogen) atoms. The van der Waals surface area contributed by atoms with E-state index in [1.54, 1.807) is 30.3 Å². The molecule has 0 spiro atoms. The number of nitrogens with one attached hydrogen (secondary N) is 3. The predicted octanol–water partition coefficient (Wildman–Crippen LogP) is -1.42. The molecule has 3 amide bonds. The lowest BCUT2D eigenvalue weighted by Crippen LogP contribution is -2.58. The van der Waals surface area contributed by atoms with E-state index in [-0.39, 0.29) is 37.7 Å². The Balaban J connectivity index is 3.04. The van der Waals surface area contributed by atoms with Crippen LogP contribution in [-0.4, -0.2) is 76.7 Å². The molecule has 0 aromatic heterocycles. The molecule has 0 aliphatic carbocycles. The number of carboxylic acids is 1. The molecule has 5 atom stereocenters. The molecule has 5 unspecified atom stereocenters. The van der Waals surface area contributed by atoms with Gasteiger partial charge in [0.15, 0.2) is 5.96 Å². The van der Waals surface area contributed by atoms with Gasteiger partial charge in [-0.25, -0.2) is 4.79 Å². The van der Waals surface area contributed by atoms with Gasteiger partial charge in [-0.05, 0) is 37.7 Å². The highest BCUT2D eigenvalue weighted by Gasteiger charge is 2.31. The number of guanidine groups is 1. The fourth-order valence-electron chi connectivity index (χ4n) is 3.56. The van der Waals surface area contributed by atoms with Gasteiger partial charge in [0.05, 0.1) is 6.10 Å². The summed E-state index contributed by atoms with van der Waals surface area (Å²) >= 11 is 0. The minimum Gasteiger partial charge on any atom is -0.480 e. The maximum Gasteiger partial charge on any atom is 0.326 e. The number of benzene rings is 1. The van der Waals surface area contributed by atoms with Crippen LogP contribution in [0.15, 0.2) is 35.3 Å². The van der Waals surface area contributed by atoms with Gasteiger partial charge in [-0.1, -0.05) is 44.2 Å². The molecule has 13 heteroatoms. The Hall–Kier alpha value is -3.71. The first-order chi connectivity index (χ1) is 17.8. The summed E-state index contributed by atoms with van der Waals surface area (Å²) in [6.07, 6.45) is -0.443. The summed E-state index contributed by atoms with van der Waals surface area (Å²) in [4.78, 5) is 54.5. The first-order valence-corrected chi connectivity index (χ1v) is 12.5. The summed E-state index contributed by atoms with van der Waals surface area (Å²) in [7, 11) is 0. The van der Waals surface area contributed by atoms with Crippen molar-refractivity contribution in [2.75, 3.05) is 6.54 Å². The fourth-order valence-corrected chi connectivity index (χ4v) is 3.56. The van der Waals surface area contributed by atoms with Crippen LogP contribution in [0.1, 0.15) is 45.6 Å². The molecular formula is C25H41N7O6. The van der Waals surface area contributed by atoms with E-state index in [2.05, 4.69) is 20.9 Å². The van der Waals surface area contributed by atoms with Crippen LogP contribution in [-0.2, 0) is 25.6 Å². The number of carboxylic acid groups (broad SMARTS) is 1. The molecule has 1 rings (SSSR count). The van der Waals surface area contributed by atoms with E-state index in [0.717, 1.165) is 5.56 Å². The number of amides is 3. The molecule has 212 valence electrons. The number of carbonyl (C=O) groups is 4. The molecule has 0 bridgehead atoms. The molecule has 0 heterocycles. The number of carbonyl (C=O) groups excluding carboxylic acids is 3. The molecular weight excluding hydrogens is 494 g/mol. The molecule has 0 saturated heterocycles. The third kappa shape index (κ3) is 12.0. The standard InChI is InChI=1S/C25H41N7O6/c1-14(2)12-18(22(35)32-19(24(37)38)13-16-8-5-4-6-9-16)31-21(34)17(10-7-11-29-25(27)28)30-23(36)20(26)15(3)33/h4-6,8-9,14-15,17-20,33H,7,10-13,26H2,1-3H3,(H,30,36)(H,31,34)(H,32,35)(H,37,38)(H4,27,28,29). The summed E-state index contributed by atoms with van der Waals surface area (Å²) in [6.45, 7) is 5.23. The Morgan fingerprint density at radius 2 is 1.45 bits per heavy atom. The lowest BCUT2D eigenvalue weighted by Gasteiger charge is -2.26. The summed E-state index contributed by atoms with van der Waals surface area (Å²) in [5.74, 6) is -3.45. The highest BCUT2D eigenvalue weighted by atomic mass is 16.4. The van der Waals surface area contributed by atoms with Crippen molar-refractivity contribution >= 4 is 29.7 Å². The van der Waals surface area contributed by atoms with Crippen LogP contribution in [0.3, 0.4) is 0 Å². The summed E-state index contributed by atoms with van der Waals surface area (Å²) in [6, 6.07) is 4.18. The van der Waals surface area contributed by atoms with Gasteiger partial charge in [0.25, 0.3) is 0 Å². The van der Waals surface area contributed by atoms with E-state index in [0.29, 0.717) is 6.42 Å². The summed E-state index contributed by atoms with van der Waals surface area (Å²) < 4.78 is 0. The average Bonchev–Trinajstić information content (AvgIpc) is 2.84. The van der Waals surface area contributed by atoms with Crippen LogP contribution in [0.25, 0.3) is 0 Å². The zero-order valence-corrected chi connectivity index (χ0v) is 22.1. The second-order valence-corrected chi connectivity index (χ2v) is 9.56. The number of hydrogen-bond donors (Lipinski definition) is 8. The topological polar surface area (TPSA) is 235 Å². The number of nitrogens with zero attached hydrogens (tertiary/aromatic N) is 1. The predicted molar refractivity (Wildman–Crippen MR) is 143 cm³/mol. The Bertz CT molecular complexity index is 951. The quantitative estimate of drug-likeness (QED) is 0.0703. The summed E-state index contributed by atoms with van der Waals surface area (Å²) in [5.41, 5.74) is 17.1. The van der Waals surface area contributed by atoms with Crippen LogP contribution in [0, 0.1) is 5.92 Å². The number of hydrogen-bond acceptors (Lipinski definition) is 7. The van der Waals surface area contributed by atoms with Crippen molar-refractivity contribution in [2.45, 2.75) is 76.7 Å². The van der Waals surface area contributed by atoms with Crippen LogP contribution in [0.2, 0.25) is 0 Å². The van der Waals surface area contributed by atoms with E-state index < -0.39 is 54.0 Å². The van der Waals surface area contributed by atoms with E-state index >= 15 is 0 Å². The van der Waals surface area contributed by atoms with Gasteiger partial charge in [0, 0.05) is 13.0 Å². The minimum atomic E-state index is -1.27. The van der Waals surface area contributed by atoms with Gasteiger partial charge in [0.2, 0.25) is 17.7 Å². The number of aliphatic hydroxyl groups is 1. The van der Waals surface area contributed by atoms with Gasteiger partial charge in [-0.2, -0.15) is 0 Å². The molecule has 11 N–H and O–H groups in total. The lowest BCUT2D eigenvalue weighted by molar-refractivity contribution is -0.142. The van der Waals surface area contributed by atoms with E-state index in [1.807, 2.05) is 13.8 Å². The second kappa shape index (κ2) is 16.2. The smallest absolute Gasteiger partial charge is 0.326 e. The maximum atomic E-state index is 13.2. The van der Waals surface area contributed by atoms with Crippen LogP contribution in [0.4, 0.5) is 0 Å². The van der Waals surface area contributed by atoms with Crippen LogP contribution < -0.4 is 33.2 Å². The summed E-state index contributed by atoms with van der Waals surface area (Å²) in [5, 5.41) is 26.9. The van der Waals surface area contributed by atoms with Gasteiger partial charge < -0.3 is 43.4 Å². The van der Waals surface area contributed by atoms with Crippen molar-refractivity contribution in [3.05, 3.63) is 35.9 Å². The Morgan fingerprint density at radius 3 is 1.97 bits per heavy atom. The van der Waals surface area contributed by atoms with E-state index in [9.17, 15) is 29.4 Å². The number of nitrogens with two attached hydrogens (primary N) is 3. The van der Waals surface area contributed by atoms with Crippen molar-refractivity contribution in [3.63, 3.8) is 0 Å². The first kappa shape index (κ1) is 32.3. The number of aliphatic carboxylic acids is 1. The normalized spacial score (nSPS) is 14.9. The number of aliphatic hydroxyl groups excluding tert-OH is 1. The zero-order valence-electron chi connectivity index (χ0n) is 22.1. The highest BCUT2D eigenvalue weighted by molar-refractivity contribution is 5.94. The molecule has 0 radical (unpaired) electrons. The largest absolute Gasteiger partial charge is 0.480 e. The fraction of sp³-hybridized carbons (Fsp3) is 0.560. The van der Waals surface area contributed by atoms with Gasteiger partial charge >= 0.3 is 5.97 Å². The first-order valence-electron chi connectivity index (χ1n) is 12.5. The third-order valence-corrected chi connectivity index (χ3v) is 5.64. The van der Waals surface area contributed by atoms with Gasteiger partial charge in [-0.3, -0.25) is 19.4 Å². The van der Waals surface area contributed by atoms with E-state index in [4.69, 9.17) is 17.2 Å². The maximum absolute atomic E-state index is 13.2. The SMILES string of the molecule is CC(C)CC(NC(=O)C(CCCN=C(N)N)NC(=O)C(N)C(C)O)C(=O)NC(Cc1ccccc1)C(=O)O. The molecule has 13 nitrogen and oxygen atoms in total. The van der Waals surface area contributed by atoms with Crippen LogP contribution in [0.5, 0.6) is 0 Å².